The summed E-state index contributed by atoms with van der Waals surface area (Å²) in [7, 11) is 2.01. The summed E-state index contributed by atoms with van der Waals surface area (Å²) in [4.78, 5) is 18.6. The lowest BCUT2D eigenvalue weighted by molar-refractivity contribution is 0.192. The SMILES string of the molecule is CN(CCOc1ccc(C=C2SC(=O)NC2O)cc1)c1nc2ccccc2s1. The number of rotatable bonds is 6. The minimum absolute atomic E-state index is 0.240. The first-order chi connectivity index (χ1) is 13.6. The predicted octanol–water partition coefficient (Wildman–Crippen LogP) is 3.93. The number of aromatic nitrogens is 1. The molecule has 1 fully saturated rings. The summed E-state index contributed by atoms with van der Waals surface area (Å²) in [5.41, 5.74) is 1.92. The van der Waals surface area contributed by atoms with Crippen molar-refractivity contribution in [2.24, 2.45) is 0 Å². The van der Waals surface area contributed by atoms with Crippen LogP contribution >= 0.6 is 23.1 Å². The average molecular weight is 414 g/mol. The number of para-hydroxylation sites is 1. The van der Waals surface area contributed by atoms with Crippen LogP contribution in [0, 0.1) is 0 Å². The van der Waals surface area contributed by atoms with Crippen LogP contribution in [0.2, 0.25) is 0 Å². The highest BCUT2D eigenvalue weighted by molar-refractivity contribution is 8.17. The van der Waals surface area contributed by atoms with Crippen molar-refractivity contribution in [3.8, 4) is 5.75 Å². The molecule has 1 atom stereocenters. The number of anilines is 1. The molecule has 1 saturated heterocycles. The number of hydrogen-bond acceptors (Lipinski definition) is 7. The molecule has 2 heterocycles. The second-order valence-electron chi connectivity index (χ2n) is 6.29. The number of aliphatic hydroxyl groups excluding tert-OH is 1. The van der Waals surface area contributed by atoms with E-state index in [-0.39, 0.29) is 5.24 Å². The molecule has 144 valence electrons. The van der Waals surface area contributed by atoms with Crippen molar-refractivity contribution < 1.29 is 14.6 Å². The molecule has 4 rings (SSSR count). The standard InChI is InChI=1S/C20H19N3O3S2/c1-23(19-21-15-4-2-3-5-16(15)27-19)10-11-26-14-8-6-13(7-9-14)12-17-18(24)22-20(25)28-17/h2-9,12,18,24H,10-11H2,1H3,(H,22,25). The lowest BCUT2D eigenvalue weighted by atomic mass is 10.2. The summed E-state index contributed by atoms with van der Waals surface area (Å²) in [6.45, 7) is 1.27. The van der Waals surface area contributed by atoms with Gasteiger partial charge in [0.15, 0.2) is 11.4 Å². The van der Waals surface area contributed by atoms with E-state index in [0.29, 0.717) is 11.5 Å². The molecule has 0 aliphatic carbocycles. The molecule has 1 aliphatic rings. The van der Waals surface area contributed by atoms with E-state index in [1.165, 1.54) is 4.70 Å². The number of benzene rings is 2. The monoisotopic (exact) mass is 413 g/mol. The van der Waals surface area contributed by atoms with E-state index in [9.17, 15) is 9.90 Å². The number of amides is 1. The van der Waals surface area contributed by atoms with Crippen LogP contribution in [-0.2, 0) is 0 Å². The topological polar surface area (TPSA) is 74.7 Å². The highest BCUT2D eigenvalue weighted by atomic mass is 32.2. The van der Waals surface area contributed by atoms with E-state index in [2.05, 4.69) is 21.3 Å². The van der Waals surface area contributed by atoms with Crippen LogP contribution in [-0.4, -0.2) is 41.8 Å². The average Bonchev–Trinajstić information content (AvgIpc) is 3.26. The van der Waals surface area contributed by atoms with Crippen LogP contribution in [0.4, 0.5) is 9.93 Å². The van der Waals surface area contributed by atoms with Gasteiger partial charge in [-0.1, -0.05) is 35.6 Å². The molecule has 0 bridgehead atoms. The third kappa shape index (κ3) is 4.30. The highest BCUT2D eigenvalue weighted by Gasteiger charge is 2.25. The van der Waals surface area contributed by atoms with Crippen molar-refractivity contribution >= 4 is 49.8 Å². The van der Waals surface area contributed by atoms with Crippen molar-refractivity contribution in [2.45, 2.75) is 6.23 Å². The van der Waals surface area contributed by atoms with Gasteiger partial charge >= 0.3 is 0 Å². The number of fused-ring (bicyclic) bond motifs is 1. The number of thioether (sulfide) groups is 1. The minimum Gasteiger partial charge on any atom is -0.492 e. The summed E-state index contributed by atoms with van der Waals surface area (Å²) in [6.07, 6.45) is 0.865. The molecule has 0 saturated carbocycles. The molecule has 3 aromatic rings. The van der Waals surface area contributed by atoms with E-state index in [1.54, 1.807) is 17.4 Å². The van der Waals surface area contributed by atoms with Crippen LogP contribution in [0.25, 0.3) is 16.3 Å². The van der Waals surface area contributed by atoms with Gasteiger partial charge in [0, 0.05) is 12.0 Å². The molecule has 6 nitrogen and oxygen atoms in total. The zero-order chi connectivity index (χ0) is 19.5. The number of likely N-dealkylation sites (N-methyl/N-ethyl adjacent to an activating group) is 1. The van der Waals surface area contributed by atoms with Crippen LogP contribution in [0.3, 0.4) is 0 Å². The Morgan fingerprint density at radius 3 is 2.75 bits per heavy atom. The van der Waals surface area contributed by atoms with Gasteiger partial charge in [-0.3, -0.25) is 4.79 Å². The van der Waals surface area contributed by atoms with Crippen molar-refractivity contribution in [3.05, 3.63) is 59.0 Å². The molecule has 2 aromatic carbocycles. The Bertz CT molecular complexity index is 984. The van der Waals surface area contributed by atoms with Gasteiger partial charge < -0.3 is 20.1 Å². The molecule has 28 heavy (non-hydrogen) atoms. The van der Waals surface area contributed by atoms with Crippen LogP contribution < -0.4 is 15.0 Å². The maximum atomic E-state index is 11.3. The Labute approximate surface area is 170 Å². The Morgan fingerprint density at radius 2 is 2.04 bits per heavy atom. The maximum Gasteiger partial charge on any atom is 0.285 e. The smallest absolute Gasteiger partial charge is 0.285 e. The molecule has 2 N–H and O–H groups in total. The fourth-order valence-electron chi connectivity index (χ4n) is 2.73. The van der Waals surface area contributed by atoms with E-state index >= 15 is 0 Å². The maximum absolute atomic E-state index is 11.3. The summed E-state index contributed by atoms with van der Waals surface area (Å²) in [5.74, 6) is 0.772. The summed E-state index contributed by atoms with van der Waals surface area (Å²) < 4.78 is 7.01. The van der Waals surface area contributed by atoms with Crippen LogP contribution in [0.1, 0.15) is 5.56 Å². The van der Waals surface area contributed by atoms with E-state index in [1.807, 2.05) is 49.5 Å². The van der Waals surface area contributed by atoms with Gasteiger partial charge in [0.05, 0.1) is 16.8 Å². The summed E-state index contributed by atoms with van der Waals surface area (Å²) in [6, 6.07) is 15.7. The first-order valence-corrected chi connectivity index (χ1v) is 10.4. The summed E-state index contributed by atoms with van der Waals surface area (Å²) in [5, 5.41) is 12.9. The third-order valence-electron chi connectivity index (χ3n) is 4.23. The molecule has 1 aromatic heterocycles. The van der Waals surface area contributed by atoms with Gasteiger partial charge in [0.25, 0.3) is 5.24 Å². The summed E-state index contributed by atoms with van der Waals surface area (Å²) >= 11 is 2.68. The number of aliphatic hydroxyl groups is 1. The highest BCUT2D eigenvalue weighted by Crippen LogP contribution is 2.29. The normalized spacial score (nSPS) is 17.9. The molecular formula is C20H19N3O3S2. The van der Waals surface area contributed by atoms with Crippen LogP contribution in [0.15, 0.2) is 53.4 Å². The molecule has 0 radical (unpaired) electrons. The Hall–Kier alpha value is -2.55. The number of nitrogens with zero attached hydrogens (tertiary/aromatic N) is 2. The lowest BCUT2D eigenvalue weighted by Gasteiger charge is -2.16. The second kappa shape index (κ2) is 8.22. The third-order valence-corrected chi connectivity index (χ3v) is 6.26. The van der Waals surface area contributed by atoms with Gasteiger partial charge in [0.1, 0.15) is 12.4 Å². The van der Waals surface area contributed by atoms with Crippen molar-refractivity contribution in [3.63, 3.8) is 0 Å². The number of carbonyl (C=O) groups is 1. The zero-order valence-corrected chi connectivity index (χ0v) is 16.8. The van der Waals surface area contributed by atoms with Crippen molar-refractivity contribution in [2.75, 3.05) is 25.1 Å². The Morgan fingerprint density at radius 1 is 1.25 bits per heavy atom. The molecule has 1 unspecified atom stereocenters. The first-order valence-electron chi connectivity index (χ1n) is 8.76. The number of nitrogens with one attached hydrogen (secondary N) is 1. The van der Waals surface area contributed by atoms with E-state index in [4.69, 9.17) is 4.74 Å². The molecule has 1 aliphatic heterocycles. The second-order valence-corrected chi connectivity index (χ2v) is 8.34. The number of hydrogen-bond donors (Lipinski definition) is 2. The van der Waals surface area contributed by atoms with Gasteiger partial charge in [-0.25, -0.2) is 4.98 Å². The van der Waals surface area contributed by atoms with E-state index in [0.717, 1.165) is 40.3 Å². The van der Waals surface area contributed by atoms with Gasteiger partial charge in [-0.15, -0.1) is 0 Å². The van der Waals surface area contributed by atoms with Crippen molar-refractivity contribution in [1.29, 1.82) is 0 Å². The van der Waals surface area contributed by atoms with Gasteiger partial charge in [0.2, 0.25) is 0 Å². The lowest BCUT2D eigenvalue weighted by Crippen LogP contribution is -2.24. The fourth-order valence-corrected chi connectivity index (χ4v) is 4.43. The zero-order valence-electron chi connectivity index (χ0n) is 15.2. The van der Waals surface area contributed by atoms with Crippen molar-refractivity contribution in [1.82, 2.24) is 10.3 Å². The van der Waals surface area contributed by atoms with E-state index < -0.39 is 6.23 Å². The quantitative estimate of drug-likeness (QED) is 0.638. The number of ether oxygens (including phenoxy) is 1. The first kappa shape index (κ1) is 18.8. The van der Waals surface area contributed by atoms with Crippen LogP contribution in [0.5, 0.6) is 5.75 Å². The Balaban J connectivity index is 1.31. The minimum atomic E-state index is -0.925. The van der Waals surface area contributed by atoms with Gasteiger partial charge in [-0.05, 0) is 47.7 Å². The largest absolute Gasteiger partial charge is 0.492 e. The number of carbonyl (C=O) groups excluding carboxylic acids is 1. The number of thiazole rings is 1. The molecular weight excluding hydrogens is 394 g/mol. The predicted molar refractivity (Wildman–Crippen MR) is 115 cm³/mol. The fraction of sp³-hybridized carbons (Fsp3) is 0.200. The molecule has 8 heteroatoms. The van der Waals surface area contributed by atoms with Gasteiger partial charge in [-0.2, -0.15) is 0 Å². The molecule has 0 spiro atoms. The molecule has 1 amide bonds. The Kier molecular flexibility index (Phi) is 5.52.